The lowest BCUT2D eigenvalue weighted by molar-refractivity contribution is -0.124. The van der Waals surface area contributed by atoms with Crippen LogP contribution in [0.2, 0.25) is 0 Å². The second-order valence-corrected chi connectivity index (χ2v) is 7.47. The van der Waals surface area contributed by atoms with Crippen LogP contribution in [0.25, 0.3) is 0 Å². The Morgan fingerprint density at radius 1 is 1.32 bits per heavy atom. The molecule has 0 spiro atoms. The summed E-state index contributed by atoms with van der Waals surface area (Å²) in [6.45, 7) is 3.50. The summed E-state index contributed by atoms with van der Waals surface area (Å²) in [5, 5.41) is 13.1. The molecule has 2 N–H and O–H groups in total. The van der Waals surface area contributed by atoms with Gasteiger partial charge in [0, 0.05) is 18.2 Å². The molecule has 1 aliphatic heterocycles. The summed E-state index contributed by atoms with van der Waals surface area (Å²) in [6, 6.07) is 3.14. The van der Waals surface area contributed by atoms with Crippen LogP contribution in [0.1, 0.15) is 62.7 Å². The molecule has 6 nitrogen and oxygen atoms in total. The number of phenolic OH excluding ortho intramolecular Hbond substituents is 1. The van der Waals surface area contributed by atoms with Gasteiger partial charge in [-0.2, -0.15) is 0 Å². The summed E-state index contributed by atoms with van der Waals surface area (Å²) in [5.74, 6) is 0.0805. The van der Waals surface area contributed by atoms with Gasteiger partial charge in [-0.1, -0.05) is 19.3 Å². The van der Waals surface area contributed by atoms with Crippen molar-refractivity contribution >= 4 is 11.7 Å². The quantitative estimate of drug-likeness (QED) is 0.875. The van der Waals surface area contributed by atoms with Crippen LogP contribution in [0.5, 0.6) is 17.2 Å². The Balaban J connectivity index is 1.64. The van der Waals surface area contributed by atoms with Gasteiger partial charge in [-0.3, -0.25) is 9.59 Å². The van der Waals surface area contributed by atoms with Gasteiger partial charge >= 0.3 is 0 Å². The van der Waals surface area contributed by atoms with Gasteiger partial charge in [0.1, 0.15) is 28.4 Å². The maximum absolute atomic E-state index is 12.2. The highest BCUT2D eigenvalue weighted by Gasteiger charge is 2.35. The van der Waals surface area contributed by atoms with Gasteiger partial charge < -0.3 is 19.9 Å². The van der Waals surface area contributed by atoms with Gasteiger partial charge in [-0.05, 0) is 26.7 Å². The van der Waals surface area contributed by atoms with E-state index in [1.807, 2.05) is 13.8 Å². The van der Waals surface area contributed by atoms with Crippen LogP contribution in [0.3, 0.4) is 0 Å². The molecule has 0 atom stereocenters. The van der Waals surface area contributed by atoms with E-state index in [-0.39, 0.29) is 42.1 Å². The Hall–Kier alpha value is -2.24. The minimum Gasteiger partial charge on any atom is -0.507 e. The van der Waals surface area contributed by atoms with E-state index in [0.717, 1.165) is 25.7 Å². The third-order valence-corrected chi connectivity index (χ3v) is 4.65. The molecule has 1 heterocycles. The predicted molar refractivity (Wildman–Crippen MR) is 92.3 cm³/mol. The molecule has 2 aliphatic rings. The van der Waals surface area contributed by atoms with Gasteiger partial charge in [0.25, 0.3) is 5.91 Å². The van der Waals surface area contributed by atoms with Crippen molar-refractivity contribution in [2.75, 3.05) is 6.61 Å². The molecule has 1 amide bonds. The fourth-order valence-electron chi connectivity index (χ4n) is 3.49. The van der Waals surface area contributed by atoms with Crippen LogP contribution >= 0.6 is 0 Å². The van der Waals surface area contributed by atoms with Crippen molar-refractivity contribution in [2.45, 2.75) is 64.0 Å². The summed E-state index contributed by atoms with van der Waals surface area (Å²) >= 11 is 0. The number of carbonyl (C=O) groups excluding carboxylic acids is 2. The molecule has 25 heavy (non-hydrogen) atoms. The van der Waals surface area contributed by atoms with Crippen LogP contribution < -0.4 is 14.8 Å². The van der Waals surface area contributed by atoms with Crippen LogP contribution in [0.4, 0.5) is 0 Å². The number of benzene rings is 1. The molecule has 136 valence electrons. The molecule has 0 bridgehead atoms. The number of rotatable bonds is 4. The zero-order chi connectivity index (χ0) is 18.0. The van der Waals surface area contributed by atoms with E-state index in [4.69, 9.17) is 9.47 Å². The number of ketones is 1. The maximum Gasteiger partial charge on any atom is 0.258 e. The summed E-state index contributed by atoms with van der Waals surface area (Å²) in [6.07, 6.45) is 5.74. The number of ether oxygens (including phenoxy) is 2. The van der Waals surface area contributed by atoms with Gasteiger partial charge in [0.05, 0.1) is 6.42 Å². The van der Waals surface area contributed by atoms with Gasteiger partial charge in [0.15, 0.2) is 12.4 Å². The van der Waals surface area contributed by atoms with Crippen molar-refractivity contribution < 1.29 is 24.2 Å². The molecule has 6 heteroatoms. The number of hydrogen-bond donors (Lipinski definition) is 2. The standard InChI is InChI=1S/C19H25NO5/c1-19(2)10-15(22)18-14(21)8-13(9-16(18)25-19)24-11-17(23)20-12-6-4-3-5-7-12/h8-9,12,21H,3-7,10-11H2,1-2H3,(H,20,23). The van der Waals surface area contributed by atoms with Gasteiger partial charge in [-0.25, -0.2) is 0 Å². The number of fused-ring (bicyclic) bond motifs is 1. The van der Waals surface area contributed by atoms with Crippen molar-refractivity contribution in [3.63, 3.8) is 0 Å². The number of nitrogens with one attached hydrogen (secondary N) is 1. The topological polar surface area (TPSA) is 84.9 Å². The average molecular weight is 347 g/mol. The van der Waals surface area contributed by atoms with Crippen molar-refractivity contribution in [1.82, 2.24) is 5.32 Å². The van der Waals surface area contributed by atoms with E-state index >= 15 is 0 Å². The van der Waals surface area contributed by atoms with Crippen molar-refractivity contribution in [3.8, 4) is 17.2 Å². The Morgan fingerprint density at radius 3 is 2.76 bits per heavy atom. The second-order valence-electron chi connectivity index (χ2n) is 7.47. The van der Waals surface area contributed by atoms with Crippen molar-refractivity contribution in [2.24, 2.45) is 0 Å². The first kappa shape index (κ1) is 17.6. The third kappa shape index (κ3) is 4.24. The molecule has 1 aromatic rings. The molecule has 1 aliphatic carbocycles. The predicted octanol–water partition coefficient (Wildman–Crippen LogP) is 2.96. The zero-order valence-corrected chi connectivity index (χ0v) is 14.8. The number of phenols is 1. The highest BCUT2D eigenvalue weighted by atomic mass is 16.5. The van der Waals surface area contributed by atoms with Gasteiger partial charge in [-0.15, -0.1) is 0 Å². The number of amides is 1. The van der Waals surface area contributed by atoms with E-state index in [1.54, 1.807) is 6.07 Å². The van der Waals surface area contributed by atoms with E-state index in [1.165, 1.54) is 12.5 Å². The first-order valence-corrected chi connectivity index (χ1v) is 8.85. The summed E-state index contributed by atoms with van der Waals surface area (Å²) in [7, 11) is 0. The van der Waals surface area contributed by atoms with E-state index < -0.39 is 5.60 Å². The molecule has 0 aromatic heterocycles. The lowest BCUT2D eigenvalue weighted by Gasteiger charge is -2.32. The molecular formula is C19H25NO5. The Morgan fingerprint density at radius 2 is 2.04 bits per heavy atom. The van der Waals surface area contributed by atoms with Crippen LogP contribution in [-0.4, -0.2) is 35.0 Å². The number of carbonyl (C=O) groups is 2. The first-order valence-electron chi connectivity index (χ1n) is 8.85. The van der Waals surface area contributed by atoms with Crippen LogP contribution in [0, 0.1) is 0 Å². The smallest absolute Gasteiger partial charge is 0.258 e. The Kier molecular flexibility index (Phi) is 4.88. The van der Waals surface area contributed by atoms with Crippen LogP contribution in [0.15, 0.2) is 12.1 Å². The Bertz CT molecular complexity index is 677. The molecule has 3 rings (SSSR count). The van der Waals surface area contributed by atoms with E-state index in [9.17, 15) is 14.7 Å². The molecule has 1 fully saturated rings. The van der Waals surface area contributed by atoms with Crippen molar-refractivity contribution in [1.29, 1.82) is 0 Å². The lowest BCUT2D eigenvalue weighted by atomic mass is 9.92. The van der Waals surface area contributed by atoms with E-state index in [2.05, 4.69) is 5.32 Å². The summed E-state index contributed by atoms with van der Waals surface area (Å²) in [4.78, 5) is 24.2. The monoisotopic (exact) mass is 347 g/mol. The normalized spacial score (nSPS) is 19.7. The molecule has 0 saturated heterocycles. The first-order chi connectivity index (χ1) is 11.8. The van der Waals surface area contributed by atoms with E-state index in [0.29, 0.717) is 11.5 Å². The fourth-order valence-corrected chi connectivity index (χ4v) is 3.49. The number of Topliss-reactive ketones (excluding diaryl/α,β-unsaturated/α-hetero) is 1. The lowest BCUT2D eigenvalue weighted by Crippen LogP contribution is -2.39. The number of hydrogen-bond acceptors (Lipinski definition) is 5. The third-order valence-electron chi connectivity index (χ3n) is 4.65. The minimum atomic E-state index is -0.631. The van der Waals surface area contributed by atoms with Gasteiger partial charge in [0.2, 0.25) is 0 Å². The second kappa shape index (κ2) is 6.94. The molecule has 1 aromatic carbocycles. The Labute approximate surface area is 147 Å². The minimum absolute atomic E-state index is 0.133. The van der Waals surface area contributed by atoms with Crippen LogP contribution in [-0.2, 0) is 4.79 Å². The summed E-state index contributed by atoms with van der Waals surface area (Å²) in [5.41, 5.74) is -0.452. The maximum atomic E-state index is 12.2. The largest absolute Gasteiger partial charge is 0.507 e. The SMILES string of the molecule is CC1(C)CC(=O)c2c(O)cc(OCC(=O)NC3CCCCC3)cc2O1. The van der Waals surface area contributed by atoms with Crippen molar-refractivity contribution in [3.05, 3.63) is 17.7 Å². The fraction of sp³-hybridized carbons (Fsp3) is 0.579. The molecular weight excluding hydrogens is 322 g/mol. The molecule has 0 radical (unpaired) electrons. The molecule has 0 unspecified atom stereocenters. The number of aromatic hydroxyl groups is 1. The zero-order valence-electron chi connectivity index (χ0n) is 14.8. The summed E-state index contributed by atoms with van der Waals surface area (Å²) < 4.78 is 11.3. The highest BCUT2D eigenvalue weighted by molar-refractivity contribution is 6.03. The average Bonchev–Trinajstić information content (AvgIpc) is 2.52. The highest BCUT2D eigenvalue weighted by Crippen LogP contribution is 2.40. The molecule has 1 saturated carbocycles.